The molecule has 0 aliphatic carbocycles. The summed E-state index contributed by atoms with van der Waals surface area (Å²) in [7, 11) is 3.60. The molecule has 4 aromatic carbocycles. The van der Waals surface area contributed by atoms with Crippen molar-refractivity contribution in [3.63, 3.8) is 0 Å². The minimum atomic E-state index is -0.721. The molecule has 0 radical (unpaired) electrons. The van der Waals surface area contributed by atoms with Crippen LogP contribution in [0.2, 0.25) is 0 Å². The summed E-state index contributed by atoms with van der Waals surface area (Å²) in [4.78, 5) is 26.3. The molecule has 0 bridgehead atoms. The lowest BCUT2D eigenvalue weighted by atomic mass is 10.00. The average molecular weight is 977 g/mol. The Morgan fingerprint density at radius 2 is 1.15 bits per heavy atom. The number of benzene rings is 4. The van der Waals surface area contributed by atoms with E-state index in [1.54, 1.807) is 40.8 Å². The molecule has 10 aromatic rings. The van der Waals surface area contributed by atoms with Crippen molar-refractivity contribution < 1.29 is 26.4 Å². The Kier molecular flexibility index (Phi) is 11.6. The number of H-pyrrole nitrogens is 1. The molecule has 0 amide bonds. The number of halogens is 7. The minimum absolute atomic E-state index is 0.103. The van der Waals surface area contributed by atoms with Crippen LogP contribution in [0.25, 0.3) is 66.0 Å². The van der Waals surface area contributed by atoms with Gasteiger partial charge in [-0.1, -0.05) is 24.3 Å². The second kappa shape index (κ2) is 17.0. The molecular weight excluding hydrogens is 948 g/mol. The predicted molar refractivity (Wildman–Crippen MR) is 233 cm³/mol. The van der Waals surface area contributed by atoms with Gasteiger partial charge in [-0.2, -0.15) is 10.2 Å². The average Bonchev–Trinajstić information content (AvgIpc) is 4.06. The summed E-state index contributed by atoms with van der Waals surface area (Å²) < 4.78 is 73.9. The maximum Gasteiger partial charge on any atom is 0.262 e. The van der Waals surface area contributed by atoms with Crippen molar-refractivity contribution in [3.05, 3.63) is 174 Å². The van der Waals surface area contributed by atoms with Crippen LogP contribution in [0.4, 0.5) is 17.6 Å². The van der Waals surface area contributed by atoms with Crippen LogP contribution in [0.5, 0.6) is 0 Å². The molecule has 10 nitrogen and oxygen atoms in total. The van der Waals surface area contributed by atoms with E-state index >= 15 is 0 Å². The van der Waals surface area contributed by atoms with Gasteiger partial charge in [-0.3, -0.25) is 19.0 Å². The maximum absolute atomic E-state index is 15.0. The summed E-state index contributed by atoms with van der Waals surface area (Å²) in [6.45, 7) is -0.242. The van der Waals surface area contributed by atoms with Crippen LogP contribution >= 0.6 is 43.5 Å². The fourth-order valence-electron chi connectivity index (χ4n) is 6.93. The number of fused-ring (bicyclic) bond motifs is 4. The number of hydrogen-bond donors (Lipinski definition) is 1. The highest BCUT2D eigenvalue weighted by Crippen LogP contribution is 2.33. The number of nitrogens with zero attached hydrogens (tertiary/aromatic N) is 5. The van der Waals surface area contributed by atoms with Crippen molar-refractivity contribution in [2.45, 2.75) is 12.4 Å². The Morgan fingerprint density at radius 1 is 0.656 bits per heavy atom. The van der Waals surface area contributed by atoms with Crippen molar-refractivity contribution in [3.8, 4) is 22.3 Å². The number of rotatable bonds is 5. The number of aromatic amines is 1. The number of pyridine rings is 2. The number of hydrogen-bond acceptors (Lipinski definition) is 6. The Hall–Kier alpha value is -6.23. The molecule has 0 atom stereocenters. The quantitative estimate of drug-likeness (QED) is 0.136. The largest absolute Gasteiger partial charge is 0.463 e. The molecule has 0 spiro atoms. The van der Waals surface area contributed by atoms with Crippen LogP contribution in [-0.2, 0) is 26.5 Å². The van der Waals surface area contributed by atoms with Crippen LogP contribution in [-0.4, -0.2) is 29.1 Å². The van der Waals surface area contributed by atoms with Crippen LogP contribution in [0.1, 0.15) is 11.1 Å². The van der Waals surface area contributed by atoms with E-state index in [0.717, 1.165) is 31.8 Å². The van der Waals surface area contributed by atoms with Gasteiger partial charge in [0.15, 0.2) is 11.2 Å². The van der Waals surface area contributed by atoms with E-state index in [-0.39, 0.29) is 34.7 Å². The molecule has 0 fully saturated rings. The van der Waals surface area contributed by atoms with E-state index in [9.17, 15) is 27.2 Å². The number of aromatic nitrogens is 6. The highest BCUT2D eigenvalue weighted by molar-refractivity contribution is 9.11. The topological polar surface area (TPSA) is 117 Å². The summed E-state index contributed by atoms with van der Waals surface area (Å²) in [6.07, 6.45) is 9.56. The van der Waals surface area contributed by atoms with E-state index in [2.05, 4.69) is 47.0 Å². The third-order valence-corrected chi connectivity index (χ3v) is 11.2. The molecular formula is C44H29Br2ClF4N6O4. The van der Waals surface area contributed by atoms with Gasteiger partial charge in [0.25, 0.3) is 11.1 Å². The maximum atomic E-state index is 15.0. The first kappa shape index (κ1) is 41.5. The molecule has 10 rings (SSSR count). The molecule has 6 aromatic heterocycles. The van der Waals surface area contributed by atoms with Gasteiger partial charge >= 0.3 is 0 Å². The highest BCUT2D eigenvalue weighted by Gasteiger charge is 2.18. The first-order valence-electron chi connectivity index (χ1n) is 18.2. The van der Waals surface area contributed by atoms with E-state index in [0.29, 0.717) is 43.1 Å². The number of nitrogens with one attached hydrogen (secondary N) is 1. The van der Waals surface area contributed by atoms with Gasteiger partial charge in [0.05, 0.1) is 55.7 Å². The standard InChI is InChI=1S/C22H14BrF2N3O2.C15H11ClF2N2.C7H4BrNO2/c1-27-9-15-13(3-2-4-20(15)26-27)12-7-18(24)16(19(25)8-12)10-28-11-17(23)21-14(22(28)29)5-6-30-21;1-20-8-12-10(3-2-4-15(12)19-20)9-5-13(17)11(7-16)14(18)6-9;8-5-3-9-7(10)4-1-2-11-6(4)5/h2-9,11H,10H2,1H3;2-6,8H,7H2,1H3;1-3H,(H,9,10). The lowest BCUT2D eigenvalue weighted by Crippen LogP contribution is -2.21. The SMILES string of the molecule is Cn1cc2c(-c3cc(F)c(CCl)c(F)c3)cccc2n1.Cn1cc2c(-c3cc(F)c(Cn4cc(Br)c5occc5c4=O)c(F)c3)cccc2n1.O=c1[nH]cc(Br)c2occc12. The summed E-state index contributed by atoms with van der Waals surface area (Å²) in [5.74, 6) is -2.89. The van der Waals surface area contributed by atoms with Crippen molar-refractivity contribution in [2.24, 2.45) is 14.1 Å². The van der Waals surface area contributed by atoms with E-state index in [4.69, 9.17) is 20.4 Å². The van der Waals surface area contributed by atoms with Gasteiger partial charge < -0.3 is 18.4 Å². The molecule has 1 N–H and O–H groups in total. The zero-order valence-corrected chi connectivity index (χ0v) is 35.7. The minimum Gasteiger partial charge on any atom is -0.463 e. The lowest BCUT2D eigenvalue weighted by Gasteiger charge is -2.11. The van der Waals surface area contributed by atoms with Gasteiger partial charge in [0.1, 0.15) is 23.3 Å². The lowest BCUT2D eigenvalue weighted by molar-refractivity contribution is 0.542. The summed E-state index contributed by atoms with van der Waals surface area (Å²) in [6, 6.07) is 19.3. The normalized spacial score (nSPS) is 11.3. The molecule has 0 aliphatic rings. The van der Waals surface area contributed by atoms with Crippen LogP contribution in [0.3, 0.4) is 0 Å². The Morgan fingerprint density at radius 3 is 1.66 bits per heavy atom. The zero-order chi connectivity index (χ0) is 43.1. The number of aryl methyl sites for hydroxylation is 2. The third kappa shape index (κ3) is 8.18. The molecule has 6 heterocycles. The van der Waals surface area contributed by atoms with E-state index in [1.807, 2.05) is 43.7 Å². The van der Waals surface area contributed by atoms with Crippen molar-refractivity contribution >= 4 is 87.2 Å². The first-order chi connectivity index (χ1) is 29.3. The van der Waals surface area contributed by atoms with Crippen LogP contribution in [0.15, 0.2) is 137 Å². The fourth-order valence-corrected chi connectivity index (χ4v) is 8.16. The molecule has 308 valence electrons. The molecule has 0 aliphatic heterocycles. The van der Waals surface area contributed by atoms with E-state index < -0.39 is 23.3 Å². The Labute approximate surface area is 363 Å². The summed E-state index contributed by atoms with van der Waals surface area (Å²) in [5.41, 5.74) is 4.03. The second-order valence-corrected chi connectivity index (χ2v) is 15.7. The van der Waals surface area contributed by atoms with Crippen molar-refractivity contribution in [1.82, 2.24) is 29.1 Å². The highest BCUT2D eigenvalue weighted by atomic mass is 79.9. The van der Waals surface area contributed by atoms with Crippen molar-refractivity contribution in [1.29, 1.82) is 0 Å². The fraction of sp³-hybridized carbons (Fsp3) is 0.0909. The summed E-state index contributed by atoms with van der Waals surface area (Å²) in [5, 5.41) is 11.2. The Balaban J connectivity index is 0.000000142. The van der Waals surface area contributed by atoms with Crippen LogP contribution < -0.4 is 11.1 Å². The summed E-state index contributed by atoms with van der Waals surface area (Å²) >= 11 is 12.1. The van der Waals surface area contributed by atoms with Crippen LogP contribution in [0, 0.1) is 23.3 Å². The number of furan rings is 2. The molecule has 0 saturated heterocycles. The first-order valence-corrected chi connectivity index (χ1v) is 20.3. The van der Waals surface area contributed by atoms with Crippen molar-refractivity contribution in [2.75, 3.05) is 0 Å². The third-order valence-electron chi connectivity index (χ3n) is 9.79. The van der Waals surface area contributed by atoms with Gasteiger partial charge in [-0.05, 0) is 103 Å². The number of alkyl halides is 1. The molecule has 0 unspecified atom stereocenters. The smallest absolute Gasteiger partial charge is 0.262 e. The second-order valence-electron chi connectivity index (χ2n) is 13.8. The monoisotopic (exact) mass is 974 g/mol. The molecule has 17 heteroatoms. The van der Waals surface area contributed by atoms with Gasteiger partial charge in [-0.25, -0.2) is 17.6 Å². The van der Waals surface area contributed by atoms with E-state index in [1.165, 1.54) is 53.6 Å². The molecule has 0 saturated carbocycles. The van der Waals surface area contributed by atoms with Gasteiger partial charge in [-0.15, -0.1) is 11.6 Å². The molecule has 61 heavy (non-hydrogen) atoms. The van der Waals surface area contributed by atoms with Gasteiger partial charge in [0.2, 0.25) is 0 Å². The van der Waals surface area contributed by atoms with Gasteiger partial charge in [0, 0.05) is 60.8 Å². The zero-order valence-electron chi connectivity index (χ0n) is 31.8. The predicted octanol–water partition coefficient (Wildman–Crippen LogP) is 11.4. The Bertz CT molecular complexity index is 3360.